The average molecular weight is 429 g/mol. The van der Waals surface area contributed by atoms with Gasteiger partial charge in [0.15, 0.2) is 0 Å². The SMILES string of the molecule is COC(=O)C(C)(C)NS(=O)(=O)c1cc(Br)c(C)cc1Br. The molecule has 0 saturated carbocycles. The lowest BCUT2D eigenvalue weighted by Crippen LogP contribution is -2.50. The van der Waals surface area contributed by atoms with Crippen molar-refractivity contribution in [2.24, 2.45) is 0 Å². The summed E-state index contributed by atoms with van der Waals surface area (Å²) in [6.45, 7) is 4.72. The van der Waals surface area contributed by atoms with Crippen molar-refractivity contribution in [3.63, 3.8) is 0 Å². The highest BCUT2D eigenvalue weighted by Gasteiger charge is 2.35. The molecule has 20 heavy (non-hydrogen) atoms. The Labute approximate surface area is 135 Å². The van der Waals surface area contributed by atoms with E-state index in [0.717, 1.165) is 5.56 Å². The van der Waals surface area contributed by atoms with Crippen molar-refractivity contribution in [2.75, 3.05) is 7.11 Å². The van der Waals surface area contributed by atoms with E-state index in [1.807, 2.05) is 6.92 Å². The summed E-state index contributed by atoms with van der Waals surface area (Å²) in [7, 11) is -2.67. The Balaban J connectivity index is 3.25. The minimum Gasteiger partial charge on any atom is -0.468 e. The maximum Gasteiger partial charge on any atom is 0.326 e. The van der Waals surface area contributed by atoms with Gasteiger partial charge in [-0.1, -0.05) is 15.9 Å². The molecular formula is C12H15Br2NO4S. The number of esters is 1. The highest BCUT2D eigenvalue weighted by atomic mass is 79.9. The molecule has 0 fully saturated rings. The second-order valence-electron chi connectivity index (χ2n) is 4.75. The first-order valence-electron chi connectivity index (χ1n) is 5.59. The van der Waals surface area contributed by atoms with Gasteiger partial charge in [0.1, 0.15) is 5.54 Å². The van der Waals surface area contributed by atoms with E-state index in [1.54, 1.807) is 6.07 Å². The molecule has 112 valence electrons. The molecule has 0 aliphatic heterocycles. The molecule has 0 radical (unpaired) electrons. The molecule has 0 amide bonds. The van der Waals surface area contributed by atoms with Crippen molar-refractivity contribution in [2.45, 2.75) is 31.2 Å². The molecule has 1 aromatic rings. The van der Waals surface area contributed by atoms with Gasteiger partial charge in [-0.2, -0.15) is 4.72 Å². The average Bonchev–Trinajstić information content (AvgIpc) is 2.31. The van der Waals surface area contributed by atoms with E-state index >= 15 is 0 Å². The van der Waals surface area contributed by atoms with E-state index in [9.17, 15) is 13.2 Å². The molecule has 0 bridgehead atoms. The van der Waals surface area contributed by atoms with Crippen LogP contribution in [0.2, 0.25) is 0 Å². The van der Waals surface area contributed by atoms with Gasteiger partial charge in [-0.15, -0.1) is 0 Å². The minimum atomic E-state index is -3.87. The molecule has 8 heteroatoms. The third kappa shape index (κ3) is 3.81. The van der Waals surface area contributed by atoms with Crippen LogP contribution in [-0.4, -0.2) is 27.0 Å². The molecule has 0 aromatic heterocycles. The van der Waals surface area contributed by atoms with E-state index in [4.69, 9.17) is 0 Å². The number of halogens is 2. The molecule has 0 spiro atoms. The number of rotatable bonds is 4. The molecule has 1 aromatic carbocycles. The zero-order valence-electron chi connectivity index (χ0n) is 11.5. The Morgan fingerprint density at radius 2 is 1.80 bits per heavy atom. The van der Waals surface area contributed by atoms with Gasteiger partial charge in [0.05, 0.1) is 12.0 Å². The fraction of sp³-hybridized carbons (Fsp3) is 0.417. The number of benzene rings is 1. The van der Waals surface area contributed by atoms with Gasteiger partial charge in [0, 0.05) is 8.95 Å². The van der Waals surface area contributed by atoms with Crippen molar-refractivity contribution in [1.29, 1.82) is 0 Å². The van der Waals surface area contributed by atoms with Crippen LogP contribution < -0.4 is 4.72 Å². The summed E-state index contributed by atoms with van der Waals surface area (Å²) in [4.78, 5) is 11.6. The molecule has 0 saturated heterocycles. The van der Waals surface area contributed by atoms with Gasteiger partial charge in [0.25, 0.3) is 0 Å². The van der Waals surface area contributed by atoms with Gasteiger partial charge in [0.2, 0.25) is 10.0 Å². The van der Waals surface area contributed by atoms with Crippen molar-refractivity contribution < 1.29 is 17.9 Å². The monoisotopic (exact) mass is 427 g/mol. The zero-order chi connectivity index (χ0) is 15.7. The molecule has 0 aliphatic carbocycles. The summed E-state index contributed by atoms with van der Waals surface area (Å²) < 4.78 is 32.8. The third-order valence-corrected chi connectivity index (χ3v) is 6.06. The van der Waals surface area contributed by atoms with E-state index in [1.165, 1.54) is 27.0 Å². The van der Waals surface area contributed by atoms with Gasteiger partial charge < -0.3 is 4.74 Å². The number of hydrogen-bond donors (Lipinski definition) is 1. The summed E-state index contributed by atoms with van der Waals surface area (Å²) in [5, 5.41) is 0. The number of sulfonamides is 1. The predicted molar refractivity (Wildman–Crippen MR) is 83.0 cm³/mol. The fourth-order valence-electron chi connectivity index (χ4n) is 1.52. The summed E-state index contributed by atoms with van der Waals surface area (Å²) in [6.07, 6.45) is 0. The van der Waals surface area contributed by atoms with Gasteiger partial charge >= 0.3 is 5.97 Å². The first-order valence-corrected chi connectivity index (χ1v) is 8.66. The van der Waals surface area contributed by atoms with E-state index in [-0.39, 0.29) is 4.90 Å². The predicted octanol–water partition coefficient (Wildman–Crippen LogP) is 2.75. The van der Waals surface area contributed by atoms with Crippen LogP contribution >= 0.6 is 31.9 Å². The lowest BCUT2D eigenvalue weighted by molar-refractivity contribution is -0.146. The van der Waals surface area contributed by atoms with Crippen LogP contribution in [0.4, 0.5) is 0 Å². The quantitative estimate of drug-likeness (QED) is 0.748. The number of carbonyl (C=O) groups excluding carboxylic acids is 1. The smallest absolute Gasteiger partial charge is 0.326 e. The molecule has 0 atom stereocenters. The standard InChI is InChI=1S/C12H15Br2NO4S/c1-7-5-9(14)10(6-8(7)13)20(17,18)15-12(2,3)11(16)19-4/h5-6,15H,1-4H3. The maximum atomic E-state index is 12.4. The van der Waals surface area contributed by atoms with Crippen molar-refractivity contribution in [1.82, 2.24) is 4.72 Å². The normalized spacial score (nSPS) is 12.3. The van der Waals surface area contributed by atoms with Gasteiger partial charge in [-0.05, 0) is 54.4 Å². The molecule has 5 nitrogen and oxygen atoms in total. The lowest BCUT2D eigenvalue weighted by atomic mass is 10.1. The maximum absolute atomic E-state index is 12.4. The molecule has 0 aliphatic rings. The topological polar surface area (TPSA) is 72.5 Å². The summed E-state index contributed by atoms with van der Waals surface area (Å²) in [5.41, 5.74) is -0.465. The van der Waals surface area contributed by atoms with Crippen molar-refractivity contribution >= 4 is 47.9 Å². The van der Waals surface area contributed by atoms with Crippen LogP contribution in [-0.2, 0) is 19.6 Å². The van der Waals surface area contributed by atoms with E-state index < -0.39 is 21.5 Å². The summed E-state index contributed by atoms with van der Waals surface area (Å²) >= 11 is 6.51. The van der Waals surface area contributed by atoms with Crippen LogP contribution in [0.15, 0.2) is 26.0 Å². The third-order valence-electron chi connectivity index (χ3n) is 2.59. The number of nitrogens with one attached hydrogen (secondary N) is 1. The Kier molecular flexibility index (Phi) is 5.40. The first-order chi connectivity index (χ1) is 9.01. The van der Waals surface area contributed by atoms with Crippen LogP contribution in [0.25, 0.3) is 0 Å². The molecule has 0 heterocycles. The van der Waals surface area contributed by atoms with Crippen molar-refractivity contribution in [3.05, 3.63) is 26.6 Å². The Hall–Kier alpha value is -0.440. The molecule has 1 N–H and O–H groups in total. The second kappa shape index (κ2) is 6.13. The zero-order valence-corrected chi connectivity index (χ0v) is 15.4. The number of hydrogen-bond acceptors (Lipinski definition) is 4. The summed E-state index contributed by atoms with van der Waals surface area (Å²) in [5.74, 6) is -0.664. The Morgan fingerprint density at radius 1 is 1.25 bits per heavy atom. The molecule has 0 unspecified atom stereocenters. The number of methoxy groups -OCH3 is 1. The highest BCUT2D eigenvalue weighted by molar-refractivity contribution is 9.11. The number of ether oxygens (including phenoxy) is 1. The lowest BCUT2D eigenvalue weighted by Gasteiger charge is -2.23. The van der Waals surface area contributed by atoms with Crippen LogP contribution in [0.3, 0.4) is 0 Å². The largest absolute Gasteiger partial charge is 0.468 e. The van der Waals surface area contributed by atoms with Gasteiger partial charge in [-0.3, -0.25) is 4.79 Å². The molecule has 1 rings (SSSR count). The first kappa shape index (κ1) is 17.6. The van der Waals surface area contributed by atoms with Crippen LogP contribution in [0.5, 0.6) is 0 Å². The number of carbonyl (C=O) groups is 1. The summed E-state index contributed by atoms with van der Waals surface area (Å²) in [6, 6.07) is 3.17. The fourth-order valence-corrected chi connectivity index (χ4v) is 4.57. The van der Waals surface area contributed by atoms with Crippen LogP contribution in [0.1, 0.15) is 19.4 Å². The van der Waals surface area contributed by atoms with E-state index in [2.05, 4.69) is 41.3 Å². The second-order valence-corrected chi connectivity index (χ2v) is 8.11. The van der Waals surface area contributed by atoms with E-state index in [0.29, 0.717) is 8.95 Å². The Bertz CT molecular complexity index is 641. The minimum absolute atomic E-state index is 0.0481. The van der Waals surface area contributed by atoms with Crippen molar-refractivity contribution in [3.8, 4) is 0 Å². The highest BCUT2D eigenvalue weighted by Crippen LogP contribution is 2.29. The van der Waals surface area contributed by atoms with Gasteiger partial charge in [-0.25, -0.2) is 8.42 Å². The Morgan fingerprint density at radius 3 is 2.30 bits per heavy atom. The molecular weight excluding hydrogens is 414 g/mol. The van der Waals surface area contributed by atoms with Crippen LogP contribution in [0, 0.1) is 6.92 Å². The number of aryl methyl sites for hydroxylation is 1.